The van der Waals surface area contributed by atoms with E-state index in [0.29, 0.717) is 28.7 Å². The van der Waals surface area contributed by atoms with E-state index in [1.807, 2.05) is 0 Å². The molecule has 8 N–H and O–H groups in total. The number of carboxylic acid groups (broad SMARTS) is 1. The number of phosphoric ester groups is 1. The summed E-state index contributed by atoms with van der Waals surface area (Å²) in [5, 5.41) is 38.7. The first-order valence-corrected chi connectivity index (χ1v) is 24.1. The molecule has 5 aliphatic rings. The van der Waals surface area contributed by atoms with Crippen molar-refractivity contribution in [2.45, 2.75) is 101 Å². The van der Waals surface area contributed by atoms with Crippen LogP contribution in [0.3, 0.4) is 0 Å². The topological polar surface area (TPSA) is 284 Å². The van der Waals surface area contributed by atoms with Crippen LogP contribution in [-0.4, -0.2) is 108 Å². The Morgan fingerprint density at radius 1 is 1.03 bits per heavy atom. The SMILES string of the molecule is C[C@]12C=CC(=O)C=C1CC[C@H]1[C@@H]3C[C@H]4O[C@@H](c5ccc(Cc6cc(CO)cc(NC(=O)[C@H](CCC(=O)O)NC(=O)CNC(=O)CBr)c6)cc5)O[C@@]4(C(=O)COP(=O)(O)O)[C@@]3(C)C[C@H](O)[C@@]12F. The summed E-state index contributed by atoms with van der Waals surface area (Å²) in [4.78, 5) is 94.6. The molecule has 1 heterocycles. The fourth-order valence-electron chi connectivity index (χ4n) is 11.1. The second-order valence-electron chi connectivity index (χ2n) is 18.1. The zero-order chi connectivity index (χ0) is 48.0. The Balaban J connectivity index is 1.10. The number of aliphatic carboxylic acids is 1. The number of rotatable bonds is 17. The number of phosphoric acid groups is 1. The predicted molar refractivity (Wildman–Crippen MR) is 234 cm³/mol. The molecule has 1 aliphatic heterocycles. The van der Waals surface area contributed by atoms with Crippen LogP contribution in [0.15, 0.2) is 66.3 Å². The zero-order valence-electron chi connectivity index (χ0n) is 36.0. The number of aliphatic hydroxyl groups excluding tert-OH is 2. The maximum absolute atomic E-state index is 17.9. The third kappa shape index (κ3) is 9.23. The van der Waals surface area contributed by atoms with Crippen LogP contribution in [0.1, 0.15) is 80.9 Å². The van der Waals surface area contributed by atoms with Gasteiger partial charge in [-0.15, -0.1) is 0 Å². The van der Waals surface area contributed by atoms with Gasteiger partial charge in [-0.05, 0) is 92.3 Å². The fraction of sp³-hybridized carbons (Fsp3) is 0.511. The summed E-state index contributed by atoms with van der Waals surface area (Å²) in [7, 11) is -5.13. The third-order valence-corrected chi connectivity index (χ3v) is 15.2. The van der Waals surface area contributed by atoms with Gasteiger partial charge in [0.25, 0.3) is 0 Å². The summed E-state index contributed by atoms with van der Waals surface area (Å²) in [5.74, 6) is -5.59. The highest BCUT2D eigenvalue weighted by Gasteiger charge is 2.79. The normalized spacial score (nSPS) is 31.4. The minimum Gasteiger partial charge on any atom is -0.481 e. The van der Waals surface area contributed by atoms with Gasteiger partial charge in [0, 0.05) is 34.4 Å². The van der Waals surface area contributed by atoms with Crippen LogP contribution in [0, 0.1) is 22.7 Å². The molecular weight excluding hydrogens is 952 g/mol. The molecule has 0 spiro atoms. The van der Waals surface area contributed by atoms with E-state index in [9.17, 15) is 58.4 Å². The number of ether oxygens (including phenoxy) is 2. The molecule has 0 radical (unpaired) electrons. The summed E-state index contributed by atoms with van der Waals surface area (Å²) < 4.78 is 47.6. The Labute approximate surface area is 387 Å². The molecule has 18 nitrogen and oxygen atoms in total. The number of benzene rings is 2. The van der Waals surface area contributed by atoms with Gasteiger partial charge >= 0.3 is 13.8 Å². The van der Waals surface area contributed by atoms with Gasteiger partial charge in [0.1, 0.15) is 12.6 Å². The van der Waals surface area contributed by atoms with Gasteiger partial charge in [0.15, 0.2) is 29.1 Å². The van der Waals surface area contributed by atoms with Gasteiger partial charge < -0.3 is 50.5 Å². The van der Waals surface area contributed by atoms with E-state index in [-0.39, 0.29) is 48.9 Å². The van der Waals surface area contributed by atoms with Crippen LogP contribution in [-0.2, 0) is 60.4 Å². The van der Waals surface area contributed by atoms with E-state index in [1.54, 1.807) is 50.2 Å². The fourth-order valence-corrected chi connectivity index (χ4v) is 11.6. The Hall–Kier alpha value is -4.50. The van der Waals surface area contributed by atoms with Crippen LogP contribution >= 0.6 is 23.8 Å². The molecule has 0 aromatic heterocycles. The Morgan fingerprint density at radius 3 is 2.41 bits per heavy atom. The number of ketones is 2. The average molecular weight is 1000 g/mol. The number of halogens is 2. The number of allylic oxidation sites excluding steroid dienone is 4. The number of carbonyl (C=O) groups is 6. The van der Waals surface area contributed by atoms with Crippen molar-refractivity contribution in [1.29, 1.82) is 0 Å². The molecule has 0 unspecified atom stereocenters. The number of amides is 3. The molecule has 4 fully saturated rings. The predicted octanol–water partition coefficient (Wildman–Crippen LogP) is 3.38. The molecule has 10 atom stereocenters. The molecular formula is C45H52BrFN3O15P. The quantitative estimate of drug-likeness (QED) is 0.0833. The van der Waals surface area contributed by atoms with Crippen LogP contribution in [0.2, 0.25) is 0 Å². The number of alkyl halides is 2. The lowest BCUT2D eigenvalue weighted by atomic mass is 9.44. The van der Waals surface area contributed by atoms with Crippen molar-refractivity contribution >= 4 is 64.7 Å². The minimum atomic E-state index is -5.13. The van der Waals surface area contributed by atoms with E-state index in [1.165, 1.54) is 24.3 Å². The van der Waals surface area contributed by atoms with E-state index in [2.05, 4.69) is 31.9 Å². The largest absolute Gasteiger partial charge is 0.481 e. The standard InChI is InChI=1S/C45H52BrFN3O15P/c1-42-12-11-30(52)17-28(42)7-8-31-32-18-36-45(35(54)23-63-66(60,61)62,43(32,2)19-34(53)44(31,42)47)65-41(64-36)27-5-3-24(4-6-27)13-25-14-26(22-51)16-29(15-25)49-40(59)33(9-10-39(57)58)50-38(56)21-48-37(55)20-46/h3-6,11-12,14-17,31-34,36,41,51,53H,7-10,13,18-23H2,1-2H3,(H,48,55)(H,49,59)(H,50,56)(H,57,58)(H2,60,61,62)/t31-,32-,33-,34-,36+,41+,42-,43-,44-,45+/m0/s1. The van der Waals surface area contributed by atoms with Gasteiger partial charge in [0.05, 0.1) is 30.7 Å². The van der Waals surface area contributed by atoms with Crippen LogP contribution in [0.4, 0.5) is 10.1 Å². The lowest BCUT2D eigenvalue weighted by molar-refractivity contribution is -0.231. The van der Waals surface area contributed by atoms with Crippen molar-refractivity contribution in [1.82, 2.24) is 10.6 Å². The summed E-state index contributed by atoms with van der Waals surface area (Å²) in [6.45, 7) is 1.51. The van der Waals surface area contributed by atoms with Crippen LogP contribution in [0.25, 0.3) is 0 Å². The van der Waals surface area contributed by atoms with Gasteiger partial charge in [0.2, 0.25) is 17.7 Å². The second-order valence-corrected chi connectivity index (χ2v) is 19.9. The minimum absolute atomic E-state index is 0.0491. The van der Waals surface area contributed by atoms with Crippen molar-refractivity contribution in [3.05, 3.63) is 88.5 Å². The Kier molecular flexibility index (Phi) is 14.1. The van der Waals surface area contributed by atoms with Crippen LogP contribution in [0.5, 0.6) is 0 Å². The Morgan fingerprint density at radius 2 is 1.74 bits per heavy atom. The molecule has 3 saturated carbocycles. The smallest absolute Gasteiger partial charge is 0.470 e. The first-order chi connectivity index (χ1) is 31.1. The third-order valence-electron chi connectivity index (χ3n) is 14.2. The molecule has 66 heavy (non-hydrogen) atoms. The van der Waals surface area contributed by atoms with Gasteiger partial charge in [-0.3, -0.25) is 33.3 Å². The molecule has 356 valence electrons. The second kappa shape index (κ2) is 18.9. The molecule has 2 aromatic carbocycles. The monoisotopic (exact) mass is 1000 g/mol. The summed E-state index contributed by atoms with van der Waals surface area (Å²) in [5.41, 5.74) is -3.59. The number of hydrogen-bond donors (Lipinski definition) is 8. The van der Waals surface area contributed by atoms with Crippen molar-refractivity contribution < 1.29 is 76.8 Å². The number of hydrogen-bond acceptors (Lipinski definition) is 12. The lowest BCUT2D eigenvalue weighted by Gasteiger charge is -2.62. The van der Waals surface area contributed by atoms with Crippen molar-refractivity contribution in [2.75, 3.05) is 23.8 Å². The molecule has 1 saturated heterocycles. The number of carboxylic acids is 1. The van der Waals surface area contributed by atoms with E-state index in [0.717, 1.165) is 5.56 Å². The summed E-state index contributed by atoms with van der Waals surface area (Å²) >= 11 is 2.97. The number of fused-ring (bicyclic) bond motifs is 7. The molecule has 0 bridgehead atoms. The van der Waals surface area contributed by atoms with Crippen molar-refractivity contribution in [2.24, 2.45) is 22.7 Å². The zero-order valence-corrected chi connectivity index (χ0v) is 38.5. The highest BCUT2D eigenvalue weighted by molar-refractivity contribution is 9.09. The highest BCUT2D eigenvalue weighted by Crippen LogP contribution is 2.72. The number of nitrogens with one attached hydrogen (secondary N) is 3. The maximum Gasteiger partial charge on any atom is 0.470 e. The molecule has 2 aromatic rings. The van der Waals surface area contributed by atoms with Gasteiger partial charge in [-0.25, -0.2) is 8.96 Å². The van der Waals surface area contributed by atoms with Gasteiger partial charge in [-0.2, -0.15) is 0 Å². The molecule has 7 rings (SSSR count). The average Bonchev–Trinajstić information content (AvgIpc) is 3.76. The summed E-state index contributed by atoms with van der Waals surface area (Å²) in [6, 6.07) is 10.5. The maximum atomic E-state index is 17.9. The number of aliphatic hydroxyl groups is 2. The van der Waals surface area contributed by atoms with Crippen molar-refractivity contribution in [3.8, 4) is 0 Å². The highest BCUT2D eigenvalue weighted by atomic mass is 79.9. The molecule has 3 amide bonds. The lowest BCUT2D eigenvalue weighted by Crippen LogP contribution is -2.69. The van der Waals surface area contributed by atoms with E-state index >= 15 is 4.39 Å². The number of anilines is 1. The first-order valence-electron chi connectivity index (χ1n) is 21.4. The van der Waals surface area contributed by atoms with E-state index < -0.39 is 122 Å². The van der Waals surface area contributed by atoms with Gasteiger partial charge in [-0.1, -0.05) is 64.8 Å². The van der Waals surface area contributed by atoms with E-state index in [4.69, 9.17) is 14.0 Å². The Bertz CT molecular complexity index is 2410. The summed E-state index contributed by atoms with van der Waals surface area (Å²) in [6.07, 6.45) is 0.502. The first kappa shape index (κ1) is 49.4. The molecule has 4 aliphatic carbocycles. The number of Topliss-reactive ketones (excluding diaryl/α,β-unsaturated/α-hetero) is 1. The van der Waals surface area contributed by atoms with Crippen molar-refractivity contribution in [3.63, 3.8) is 0 Å². The van der Waals surface area contributed by atoms with Crippen LogP contribution < -0.4 is 16.0 Å². The molecule has 21 heteroatoms. The number of carbonyl (C=O) groups excluding carboxylic acids is 5.